The molecule has 1 amide bonds. The van der Waals surface area contributed by atoms with E-state index in [9.17, 15) is 4.79 Å². The minimum atomic E-state index is -0.862. The molecule has 0 aliphatic carbocycles. The number of likely N-dealkylation sites (tertiary alicyclic amines) is 1. The summed E-state index contributed by atoms with van der Waals surface area (Å²) in [7, 11) is 0. The molecule has 3 N–H and O–H groups in total. The molecule has 1 aromatic rings. The molecular formula is C13H18N2O2. The van der Waals surface area contributed by atoms with E-state index in [0.29, 0.717) is 19.0 Å². The zero-order valence-corrected chi connectivity index (χ0v) is 9.75. The Bertz CT molecular complexity index is 380. The van der Waals surface area contributed by atoms with Gasteiger partial charge in [-0.25, -0.2) is 4.79 Å². The van der Waals surface area contributed by atoms with Crippen LogP contribution in [0.2, 0.25) is 0 Å². The molecule has 1 aliphatic rings. The maximum absolute atomic E-state index is 10.8. The lowest BCUT2D eigenvalue weighted by molar-refractivity contribution is 0.116. The average molecular weight is 234 g/mol. The molecule has 4 nitrogen and oxygen atoms in total. The largest absolute Gasteiger partial charge is 0.465 e. The van der Waals surface area contributed by atoms with Crippen LogP contribution in [0.1, 0.15) is 12.0 Å². The fourth-order valence-electron chi connectivity index (χ4n) is 2.37. The van der Waals surface area contributed by atoms with Gasteiger partial charge in [0.25, 0.3) is 0 Å². The molecule has 1 heterocycles. The molecule has 2 atom stereocenters. The molecule has 2 rings (SSSR count). The lowest BCUT2D eigenvalue weighted by Gasteiger charge is -2.35. The Labute approximate surface area is 101 Å². The molecule has 1 aliphatic heterocycles. The number of piperidine rings is 1. The van der Waals surface area contributed by atoms with Crippen LogP contribution in [0, 0.1) is 5.92 Å². The Morgan fingerprint density at radius 1 is 1.41 bits per heavy atom. The molecule has 4 heteroatoms. The maximum atomic E-state index is 10.8. The van der Waals surface area contributed by atoms with Crippen LogP contribution < -0.4 is 5.73 Å². The lowest BCUT2D eigenvalue weighted by Crippen LogP contribution is -2.50. The Kier molecular flexibility index (Phi) is 3.64. The highest BCUT2D eigenvalue weighted by atomic mass is 16.4. The van der Waals surface area contributed by atoms with Crippen molar-refractivity contribution in [3.63, 3.8) is 0 Å². The van der Waals surface area contributed by atoms with E-state index < -0.39 is 6.09 Å². The van der Waals surface area contributed by atoms with Gasteiger partial charge in [0, 0.05) is 19.1 Å². The quantitative estimate of drug-likeness (QED) is 0.816. The Morgan fingerprint density at radius 3 is 2.71 bits per heavy atom. The highest BCUT2D eigenvalue weighted by Crippen LogP contribution is 2.20. The first-order valence-electron chi connectivity index (χ1n) is 5.94. The van der Waals surface area contributed by atoms with E-state index >= 15 is 0 Å². The van der Waals surface area contributed by atoms with Crippen LogP contribution in [0.4, 0.5) is 4.79 Å². The molecule has 1 fully saturated rings. The van der Waals surface area contributed by atoms with Crippen LogP contribution >= 0.6 is 0 Å². The zero-order chi connectivity index (χ0) is 12.3. The molecule has 17 heavy (non-hydrogen) atoms. The summed E-state index contributed by atoms with van der Waals surface area (Å²) < 4.78 is 0. The average Bonchev–Trinajstić information content (AvgIpc) is 2.33. The minimum Gasteiger partial charge on any atom is -0.465 e. The highest BCUT2D eigenvalue weighted by Gasteiger charge is 2.28. The summed E-state index contributed by atoms with van der Waals surface area (Å²) in [5.74, 6) is 0.382. The number of carboxylic acid groups (broad SMARTS) is 1. The van der Waals surface area contributed by atoms with Crippen LogP contribution in [0.5, 0.6) is 0 Å². The first-order chi connectivity index (χ1) is 8.16. The van der Waals surface area contributed by atoms with E-state index in [2.05, 4.69) is 12.1 Å². The number of rotatable bonds is 2. The van der Waals surface area contributed by atoms with Crippen LogP contribution in [-0.2, 0) is 6.42 Å². The van der Waals surface area contributed by atoms with Crippen LogP contribution in [-0.4, -0.2) is 35.2 Å². The van der Waals surface area contributed by atoms with Gasteiger partial charge < -0.3 is 15.7 Å². The maximum Gasteiger partial charge on any atom is 0.407 e. The van der Waals surface area contributed by atoms with Crippen molar-refractivity contribution in [2.75, 3.05) is 13.1 Å². The monoisotopic (exact) mass is 234 g/mol. The van der Waals surface area contributed by atoms with Crippen molar-refractivity contribution in [1.29, 1.82) is 0 Å². The highest BCUT2D eigenvalue weighted by molar-refractivity contribution is 5.65. The van der Waals surface area contributed by atoms with Crippen molar-refractivity contribution in [3.8, 4) is 0 Å². The summed E-state index contributed by atoms with van der Waals surface area (Å²) in [5.41, 5.74) is 7.32. The Morgan fingerprint density at radius 2 is 2.12 bits per heavy atom. The third-order valence-corrected chi connectivity index (χ3v) is 3.42. The van der Waals surface area contributed by atoms with E-state index in [1.165, 1.54) is 10.5 Å². The second-order valence-electron chi connectivity index (χ2n) is 4.63. The molecule has 0 saturated carbocycles. The van der Waals surface area contributed by atoms with E-state index in [1.54, 1.807) is 0 Å². The van der Waals surface area contributed by atoms with Crippen molar-refractivity contribution in [2.24, 2.45) is 11.7 Å². The van der Waals surface area contributed by atoms with Gasteiger partial charge in [-0.05, 0) is 24.3 Å². The summed E-state index contributed by atoms with van der Waals surface area (Å²) in [5, 5.41) is 8.90. The number of nitrogens with two attached hydrogens (primary N) is 1. The van der Waals surface area contributed by atoms with Crippen molar-refractivity contribution >= 4 is 6.09 Å². The fourth-order valence-corrected chi connectivity index (χ4v) is 2.37. The van der Waals surface area contributed by atoms with Crippen molar-refractivity contribution in [3.05, 3.63) is 35.9 Å². The van der Waals surface area contributed by atoms with E-state index in [1.807, 2.05) is 18.2 Å². The number of hydrogen-bond acceptors (Lipinski definition) is 2. The van der Waals surface area contributed by atoms with Gasteiger partial charge in [0.05, 0.1) is 0 Å². The van der Waals surface area contributed by atoms with E-state index in [-0.39, 0.29) is 6.04 Å². The molecule has 0 spiro atoms. The summed E-state index contributed by atoms with van der Waals surface area (Å²) in [6.45, 7) is 1.05. The molecule has 0 radical (unpaired) electrons. The van der Waals surface area contributed by atoms with E-state index in [0.717, 1.165) is 12.8 Å². The first-order valence-corrected chi connectivity index (χ1v) is 5.94. The number of hydrogen-bond donors (Lipinski definition) is 2. The van der Waals surface area contributed by atoms with Gasteiger partial charge in [0.1, 0.15) is 0 Å². The predicted octanol–water partition coefficient (Wildman–Crippen LogP) is 1.56. The summed E-state index contributed by atoms with van der Waals surface area (Å²) >= 11 is 0. The Hall–Kier alpha value is -1.55. The topological polar surface area (TPSA) is 66.6 Å². The summed E-state index contributed by atoms with van der Waals surface area (Å²) in [6.07, 6.45) is 0.927. The van der Waals surface area contributed by atoms with Crippen LogP contribution in [0.15, 0.2) is 30.3 Å². The van der Waals surface area contributed by atoms with Gasteiger partial charge >= 0.3 is 6.09 Å². The standard InChI is InChI=1S/C13H18N2O2/c14-12-9-15(13(16)17)7-6-11(12)8-10-4-2-1-3-5-10/h1-5,11-12H,6-9,14H2,(H,16,17)/t11-,12-/m0/s1. The zero-order valence-electron chi connectivity index (χ0n) is 9.75. The number of amides is 1. The van der Waals surface area contributed by atoms with Gasteiger partial charge in [0.2, 0.25) is 0 Å². The number of nitrogens with zero attached hydrogens (tertiary/aromatic N) is 1. The number of carbonyl (C=O) groups is 1. The normalized spacial score (nSPS) is 24.6. The van der Waals surface area contributed by atoms with Crippen molar-refractivity contribution < 1.29 is 9.90 Å². The number of benzene rings is 1. The predicted molar refractivity (Wildman–Crippen MR) is 65.8 cm³/mol. The first kappa shape index (κ1) is 11.9. The third-order valence-electron chi connectivity index (χ3n) is 3.42. The lowest BCUT2D eigenvalue weighted by atomic mass is 9.87. The fraction of sp³-hybridized carbons (Fsp3) is 0.462. The van der Waals surface area contributed by atoms with E-state index in [4.69, 9.17) is 10.8 Å². The van der Waals surface area contributed by atoms with Gasteiger partial charge in [-0.3, -0.25) is 0 Å². The second kappa shape index (κ2) is 5.19. The summed E-state index contributed by atoms with van der Waals surface area (Å²) in [4.78, 5) is 12.2. The van der Waals surface area contributed by atoms with Gasteiger partial charge in [-0.15, -0.1) is 0 Å². The third kappa shape index (κ3) is 2.97. The summed E-state index contributed by atoms with van der Waals surface area (Å²) in [6, 6.07) is 10.2. The van der Waals surface area contributed by atoms with Gasteiger partial charge in [0.15, 0.2) is 0 Å². The molecule has 0 bridgehead atoms. The minimum absolute atomic E-state index is 0.0555. The second-order valence-corrected chi connectivity index (χ2v) is 4.63. The molecule has 0 unspecified atom stereocenters. The molecule has 0 aromatic heterocycles. The van der Waals surface area contributed by atoms with Gasteiger partial charge in [-0.2, -0.15) is 0 Å². The SMILES string of the molecule is N[C@H]1CN(C(=O)O)CC[C@H]1Cc1ccccc1. The molecule has 1 aromatic carbocycles. The van der Waals surface area contributed by atoms with Crippen molar-refractivity contribution in [2.45, 2.75) is 18.9 Å². The molecular weight excluding hydrogens is 216 g/mol. The van der Waals surface area contributed by atoms with Gasteiger partial charge in [-0.1, -0.05) is 30.3 Å². The van der Waals surface area contributed by atoms with Crippen LogP contribution in [0.25, 0.3) is 0 Å². The molecule has 1 saturated heterocycles. The smallest absolute Gasteiger partial charge is 0.407 e. The Balaban J connectivity index is 1.94. The van der Waals surface area contributed by atoms with Crippen LogP contribution in [0.3, 0.4) is 0 Å². The molecule has 92 valence electrons. The van der Waals surface area contributed by atoms with Crippen molar-refractivity contribution in [1.82, 2.24) is 4.90 Å².